The van der Waals surface area contributed by atoms with Gasteiger partial charge in [0.15, 0.2) is 5.16 Å². The number of thioether (sulfide) groups is 1. The smallest absolute Gasteiger partial charge is 0.272 e. The van der Waals surface area contributed by atoms with Crippen molar-refractivity contribution in [2.45, 2.75) is 25.5 Å². The summed E-state index contributed by atoms with van der Waals surface area (Å²) in [4.78, 5) is 29.7. The Hall–Kier alpha value is -2.32. The van der Waals surface area contributed by atoms with Crippen molar-refractivity contribution in [3.63, 3.8) is 0 Å². The van der Waals surface area contributed by atoms with Crippen molar-refractivity contribution >= 4 is 44.9 Å². The lowest BCUT2D eigenvalue weighted by Crippen LogP contribution is -2.25. The molecule has 142 valence electrons. The first-order valence-corrected chi connectivity index (χ1v) is 10.4. The SMILES string of the molecule is COc1cccc(NC(=O)CSc2nc3ccsc3c(=O)n2CC(C)C)c1. The molecule has 0 fully saturated rings. The number of nitrogens with one attached hydrogen (secondary N) is 1. The van der Waals surface area contributed by atoms with E-state index in [0.717, 1.165) is 0 Å². The fourth-order valence-electron chi connectivity index (χ4n) is 2.59. The third kappa shape index (κ3) is 4.70. The summed E-state index contributed by atoms with van der Waals surface area (Å²) in [5.41, 5.74) is 1.31. The summed E-state index contributed by atoms with van der Waals surface area (Å²) in [5.74, 6) is 0.976. The first-order chi connectivity index (χ1) is 13.0. The maximum atomic E-state index is 12.8. The van der Waals surface area contributed by atoms with Gasteiger partial charge in [-0.3, -0.25) is 14.2 Å². The van der Waals surface area contributed by atoms with Crippen LogP contribution in [0.2, 0.25) is 0 Å². The van der Waals surface area contributed by atoms with Gasteiger partial charge in [0.1, 0.15) is 10.4 Å². The molecule has 0 atom stereocenters. The standard InChI is InChI=1S/C19H21N3O3S2/c1-12(2)10-22-18(24)17-15(7-8-26-17)21-19(22)27-11-16(23)20-13-5-4-6-14(9-13)25-3/h4-9,12H,10-11H2,1-3H3,(H,20,23). The summed E-state index contributed by atoms with van der Waals surface area (Å²) in [6, 6.07) is 9.02. The summed E-state index contributed by atoms with van der Waals surface area (Å²) in [7, 11) is 1.58. The highest BCUT2D eigenvalue weighted by Gasteiger charge is 2.15. The van der Waals surface area contributed by atoms with Crippen LogP contribution in [0.15, 0.2) is 45.7 Å². The largest absolute Gasteiger partial charge is 0.497 e. The molecule has 0 saturated carbocycles. The van der Waals surface area contributed by atoms with Gasteiger partial charge >= 0.3 is 0 Å². The van der Waals surface area contributed by atoms with E-state index < -0.39 is 0 Å². The van der Waals surface area contributed by atoms with E-state index in [1.807, 2.05) is 23.6 Å². The molecule has 0 bridgehead atoms. The minimum atomic E-state index is -0.163. The van der Waals surface area contributed by atoms with Gasteiger partial charge in [0.25, 0.3) is 5.56 Å². The number of amides is 1. The molecule has 0 radical (unpaired) electrons. The van der Waals surface area contributed by atoms with Crippen LogP contribution >= 0.6 is 23.1 Å². The maximum Gasteiger partial charge on any atom is 0.272 e. The highest BCUT2D eigenvalue weighted by atomic mass is 32.2. The van der Waals surface area contributed by atoms with E-state index in [2.05, 4.69) is 24.1 Å². The summed E-state index contributed by atoms with van der Waals surface area (Å²) in [6.45, 7) is 4.67. The van der Waals surface area contributed by atoms with Gasteiger partial charge in [-0.05, 0) is 29.5 Å². The van der Waals surface area contributed by atoms with Crippen LogP contribution in [0.5, 0.6) is 5.75 Å². The van der Waals surface area contributed by atoms with Gasteiger partial charge in [0.2, 0.25) is 5.91 Å². The Morgan fingerprint density at radius 1 is 1.37 bits per heavy atom. The quantitative estimate of drug-likeness (QED) is 0.479. The van der Waals surface area contributed by atoms with Crippen LogP contribution in [-0.2, 0) is 11.3 Å². The van der Waals surface area contributed by atoms with Crippen LogP contribution in [0, 0.1) is 5.92 Å². The van der Waals surface area contributed by atoms with Gasteiger partial charge in [-0.25, -0.2) is 4.98 Å². The number of ether oxygens (including phenoxy) is 1. The number of methoxy groups -OCH3 is 1. The molecule has 6 nitrogen and oxygen atoms in total. The van der Waals surface area contributed by atoms with E-state index in [-0.39, 0.29) is 17.2 Å². The number of rotatable bonds is 7. The lowest BCUT2D eigenvalue weighted by molar-refractivity contribution is -0.113. The molecule has 3 rings (SSSR count). The first-order valence-electron chi connectivity index (χ1n) is 8.52. The third-order valence-electron chi connectivity index (χ3n) is 3.76. The van der Waals surface area contributed by atoms with E-state index in [1.165, 1.54) is 23.1 Å². The predicted molar refractivity (Wildman–Crippen MR) is 111 cm³/mol. The number of hydrogen-bond donors (Lipinski definition) is 1. The molecule has 1 aromatic carbocycles. The van der Waals surface area contributed by atoms with Crippen molar-refractivity contribution in [1.82, 2.24) is 9.55 Å². The van der Waals surface area contributed by atoms with E-state index in [1.54, 1.807) is 23.8 Å². The van der Waals surface area contributed by atoms with E-state index in [4.69, 9.17) is 4.74 Å². The molecule has 0 aliphatic heterocycles. The fraction of sp³-hybridized carbons (Fsp3) is 0.316. The van der Waals surface area contributed by atoms with E-state index in [9.17, 15) is 9.59 Å². The molecule has 0 unspecified atom stereocenters. The molecule has 1 amide bonds. The zero-order chi connectivity index (χ0) is 19.4. The second-order valence-electron chi connectivity index (χ2n) is 6.41. The predicted octanol–water partition coefficient (Wildman–Crippen LogP) is 3.85. The Bertz CT molecular complexity index is 1010. The number of thiophene rings is 1. The van der Waals surface area contributed by atoms with Crippen LogP contribution in [0.25, 0.3) is 10.2 Å². The molecule has 0 aliphatic carbocycles. The molecule has 27 heavy (non-hydrogen) atoms. The first kappa shape index (κ1) is 19.4. The summed E-state index contributed by atoms with van der Waals surface area (Å²) in [5, 5.41) is 5.27. The van der Waals surface area contributed by atoms with Crippen molar-refractivity contribution in [3.8, 4) is 5.75 Å². The van der Waals surface area contributed by atoms with Crippen molar-refractivity contribution < 1.29 is 9.53 Å². The van der Waals surface area contributed by atoms with Crippen molar-refractivity contribution in [1.29, 1.82) is 0 Å². The molecule has 2 heterocycles. The van der Waals surface area contributed by atoms with Gasteiger partial charge < -0.3 is 10.1 Å². The summed E-state index contributed by atoms with van der Waals surface area (Å²) < 4.78 is 7.49. The van der Waals surface area contributed by atoms with Crippen LogP contribution in [0.4, 0.5) is 5.69 Å². The zero-order valence-corrected chi connectivity index (χ0v) is 17.0. The van der Waals surface area contributed by atoms with Gasteiger partial charge in [-0.1, -0.05) is 31.7 Å². The average Bonchev–Trinajstić information content (AvgIpc) is 3.11. The molecule has 0 spiro atoms. The number of benzene rings is 1. The van der Waals surface area contributed by atoms with Crippen LogP contribution in [-0.4, -0.2) is 28.3 Å². The van der Waals surface area contributed by atoms with E-state index >= 15 is 0 Å². The van der Waals surface area contributed by atoms with Gasteiger partial charge in [-0.2, -0.15) is 0 Å². The lowest BCUT2D eigenvalue weighted by Gasteiger charge is -2.14. The molecule has 3 aromatic rings. The second kappa shape index (κ2) is 8.58. The van der Waals surface area contributed by atoms with Gasteiger partial charge in [0.05, 0.1) is 18.4 Å². The molecular weight excluding hydrogens is 382 g/mol. The minimum Gasteiger partial charge on any atom is -0.497 e. The van der Waals surface area contributed by atoms with Crippen LogP contribution in [0.3, 0.4) is 0 Å². The minimum absolute atomic E-state index is 0.0422. The van der Waals surface area contributed by atoms with E-state index in [0.29, 0.717) is 39.3 Å². The Balaban J connectivity index is 1.77. The van der Waals surface area contributed by atoms with Crippen molar-refractivity contribution in [3.05, 3.63) is 46.1 Å². The fourth-order valence-corrected chi connectivity index (χ4v) is 4.17. The topological polar surface area (TPSA) is 73.2 Å². The number of hydrogen-bond acceptors (Lipinski definition) is 6. The van der Waals surface area contributed by atoms with Crippen molar-refractivity contribution in [2.75, 3.05) is 18.2 Å². The van der Waals surface area contributed by atoms with Crippen LogP contribution < -0.4 is 15.6 Å². The highest BCUT2D eigenvalue weighted by Crippen LogP contribution is 2.22. The number of nitrogens with zero attached hydrogens (tertiary/aromatic N) is 2. The third-order valence-corrected chi connectivity index (χ3v) is 5.63. The van der Waals surface area contributed by atoms with Crippen molar-refractivity contribution in [2.24, 2.45) is 5.92 Å². The number of carbonyl (C=O) groups is 1. The molecule has 0 aliphatic rings. The van der Waals surface area contributed by atoms with Gasteiger partial charge in [-0.15, -0.1) is 11.3 Å². The number of carbonyl (C=O) groups excluding carboxylic acids is 1. The monoisotopic (exact) mass is 403 g/mol. The Labute approximate surface area is 165 Å². The van der Waals surface area contributed by atoms with Crippen LogP contribution in [0.1, 0.15) is 13.8 Å². The maximum absolute atomic E-state index is 12.8. The summed E-state index contributed by atoms with van der Waals surface area (Å²) >= 11 is 2.67. The lowest BCUT2D eigenvalue weighted by atomic mass is 10.2. The average molecular weight is 404 g/mol. The molecule has 1 N–H and O–H groups in total. The Morgan fingerprint density at radius 2 is 2.19 bits per heavy atom. The molecule has 8 heteroatoms. The summed E-state index contributed by atoms with van der Waals surface area (Å²) in [6.07, 6.45) is 0. The zero-order valence-electron chi connectivity index (χ0n) is 15.4. The molecular formula is C19H21N3O3S2. The molecule has 2 aromatic heterocycles. The highest BCUT2D eigenvalue weighted by molar-refractivity contribution is 7.99. The Kier molecular flexibility index (Phi) is 6.18. The number of fused-ring (bicyclic) bond motifs is 1. The molecule has 0 saturated heterocycles. The Morgan fingerprint density at radius 3 is 2.93 bits per heavy atom. The normalized spacial score (nSPS) is 11.1. The number of aromatic nitrogens is 2. The second-order valence-corrected chi connectivity index (χ2v) is 8.27. The number of anilines is 1. The van der Waals surface area contributed by atoms with Gasteiger partial charge in [0, 0.05) is 18.3 Å².